The first-order valence-electron chi connectivity index (χ1n) is 6.34. The van der Waals surface area contributed by atoms with Crippen LogP contribution in [0.25, 0.3) is 10.1 Å². The number of benzene rings is 1. The first-order chi connectivity index (χ1) is 9.71. The van der Waals surface area contributed by atoms with Gasteiger partial charge in [-0.25, -0.2) is 0 Å². The van der Waals surface area contributed by atoms with Gasteiger partial charge in [-0.15, -0.1) is 11.3 Å². The Hall–Kier alpha value is -1.60. The summed E-state index contributed by atoms with van der Waals surface area (Å²) < 4.78 is 39.4. The van der Waals surface area contributed by atoms with Gasteiger partial charge >= 0.3 is 6.18 Å². The van der Waals surface area contributed by atoms with Gasteiger partial charge in [-0.2, -0.15) is 18.3 Å². The van der Waals surface area contributed by atoms with Crippen LogP contribution in [0, 0.1) is 13.8 Å². The highest BCUT2D eigenvalue weighted by molar-refractivity contribution is 7.21. The molecule has 3 nitrogen and oxygen atoms in total. The zero-order valence-corrected chi connectivity index (χ0v) is 12.2. The van der Waals surface area contributed by atoms with E-state index in [4.69, 9.17) is 0 Å². The zero-order chi connectivity index (χ0) is 15.4. The molecule has 0 unspecified atom stereocenters. The van der Waals surface area contributed by atoms with Crippen LogP contribution in [0.3, 0.4) is 0 Å². The minimum absolute atomic E-state index is 0.242. The van der Waals surface area contributed by atoms with Crippen LogP contribution in [-0.4, -0.2) is 22.7 Å². The molecule has 0 spiro atoms. The Morgan fingerprint density at radius 2 is 2.05 bits per heavy atom. The summed E-state index contributed by atoms with van der Waals surface area (Å²) in [4.78, 5) is 0.684. The van der Waals surface area contributed by atoms with Gasteiger partial charge in [-0.1, -0.05) is 17.7 Å². The van der Waals surface area contributed by atoms with E-state index in [1.807, 2.05) is 37.5 Å². The molecule has 2 heterocycles. The van der Waals surface area contributed by atoms with E-state index in [1.165, 1.54) is 11.3 Å². The predicted octanol–water partition coefficient (Wildman–Crippen LogP) is 3.47. The van der Waals surface area contributed by atoms with Crippen molar-refractivity contribution in [1.82, 2.24) is 5.43 Å². The molecule has 1 aromatic heterocycles. The Balaban J connectivity index is 2.02. The van der Waals surface area contributed by atoms with Crippen LogP contribution in [-0.2, 0) is 0 Å². The van der Waals surface area contributed by atoms with E-state index in [-0.39, 0.29) is 5.71 Å². The van der Waals surface area contributed by atoms with Crippen molar-refractivity contribution in [3.8, 4) is 0 Å². The van der Waals surface area contributed by atoms with Crippen LogP contribution in [0.5, 0.6) is 0 Å². The van der Waals surface area contributed by atoms with Gasteiger partial charge in [-0.3, -0.25) is 5.43 Å². The number of hydrogen-bond acceptors (Lipinski definition) is 4. The second-order valence-electron chi connectivity index (χ2n) is 5.26. The number of halogens is 3. The molecule has 3 rings (SSSR count). The third kappa shape index (κ3) is 2.20. The van der Waals surface area contributed by atoms with Gasteiger partial charge in [0, 0.05) is 4.70 Å². The van der Waals surface area contributed by atoms with Gasteiger partial charge in [0.05, 0.1) is 17.0 Å². The number of aliphatic hydroxyl groups is 1. The van der Waals surface area contributed by atoms with Crippen LogP contribution in [0.1, 0.15) is 22.4 Å². The van der Waals surface area contributed by atoms with E-state index in [0.29, 0.717) is 4.88 Å². The number of thiophene rings is 1. The van der Waals surface area contributed by atoms with Crippen LogP contribution in [0.15, 0.2) is 23.3 Å². The van der Waals surface area contributed by atoms with E-state index in [9.17, 15) is 18.3 Å². The summed E-state index contributed by atoms with van der Waals surface area (Å²) in [6.07, 6.45) is -5.34. The lowest BCUT2D eigenvalue weighted by Gasteiger charge is -2.24. The van der Waals surface area contributed by atoms with E-state index in [2.05, 4.69) is 5.10 Å². The average molecular weight is 314 g/mol. The largest absolute Gasteiger partial charge is 0.438 e. The van der Waals surface area contributed by atoms with Gasteiger partial charge in [0.2, 0.25) is 0 Å². The van der Waals surface area contributed by atoms with Crippen molar-refractivity contribution < 1.29 is 18.3 Å². The van der Waals surface area contributed by atoms with Crippen molar-refractivity contribution in [3.63, 3.8) is 0 Å². The molecule has 7 heteroatoms. The number of rotatable bonds is 1. The molecule has 0 bridgehead atoms. The summed E-state index contributed by atoms with van der Waals surface area (Å²) in [7, 11) is 0. The summed E-state index contributed by atoms with van der Waals surface area (Å²) >= 11 is 1.39. The van der Waals surface area contributed by atoms with Crippen LogP contribution in [0.2, 0.25) is 0 Å². The monoisotopic (exact) mass is 314 g/mol. The van der Waals surface area contributed by atoms with Gasteiger partial charge < -0.3 is 5.11 Å². The number of alkyl halides is 3. The van der Waals surface area contributed by atoms with Gasteiger partial charge in [0.25, 0.3) is 5.72 Å². The van der Waals surface area contributed by atoms with Crippen LogP contribution in [0.4, 0.5) is 13.2 Å². The number of hydrazone groups is 1. The number of hydrogen-bond donors (Lipinski definition) is 2. The van der Waals surface area contributed by atoms with E-state index in [0.717, 1.165) is 21.2 Å². The summed E-state index contributed by atoms with van der Waals surface area (Å²) in [5.41, 5.74) is 1.09. The molecule has 0 radical (unpaired) electrons. The van der Waals surface area contributed by atoms with Crippen LogP contribution >= 0.6 is 11.3 Å². The topological polar surface area (TPSA) is 44.6 Å². The van der Waals surface area contributed by atoms with E-state index in [1.54, 1.807) is 0 Å². The molecule has 2 aromatic rings. The summed E-state index contributed by atoms with van der Waals surface area (Å²) in [6.45, 7) is 3.83. The van der Waals surface area contributed by atoms with Crippen molar-refractivity contribution in [3.05, 3.63) is 34.2 Å². The van der Waals surface area contributed by atoms with Crippen molar-refractivity contribution in [1.29, 1.82) is 0 Å². The Morgan fingerprint density at radius 1 is 1.33 bits per heavy atom. The zero-order valence-electron chi connectivity index (χ0n) is 11.4. The number of aryl methyl sites for hydroxylation is 2. The van der Waals surface area contributed by atoms with Crippen molar-refractivity contribution in [2.45, 2.75) is 32.2 Å². The lowest BCUT2D eigenvalue weighted by atomic mass is 10.0. The van der Waals surface area contributed by atoms with Crippen molar-refractivity contribution >= 4 is 27.1 Å². The second kappa shape index (κ2) is 4.45. The fourth-order valence-electron chi connectivity index (χ4n) is 2.39. The maximum atomic E-state index is 12.8. The molecule has 0 saturated carbocycles. The standard InChI is InChI=1S/C14H13F3N2OS/c1-7-3-4-11-9(5-7)8(2)12(21-11)10-6-13(20,19-18-10)14(15,16)17/h3-5,19-20H,6H2,1-2H3/t13-/m1/s1. The molecule has 0 fully saturated rings. The molecule has 2 N–H and O–H groups in total. The Bertz CT molecular complexity index is 750. The molecule has 112 valence electrons. The maximum absolute atomic E-state index is 12.8. The molecule has 0 saturated heterocycles. The Morgan fingerprint density at radius 3 is 2.67 bits per heavy atom. The summed E-state index contributed by atoms with van der Waals surface area (Å²) in [6, 6.07) is 5.91. The average Bonchev–Trinajstić information content (AvgIpc) is 2.92. The molecule has 0 aliphatic carbocycles. The smallest absolute Gasteiger partial charge is 0.362 e. The SMILES string of the molecule is Cc1ccc2sc(C3=NN[C@](O)(C(F)(F)F)C3)c(C)c2c1. The molecular formula is C14H13F3N2OS. The molecule has 1 aliphatic heterocycles. The van der Waals surface area contributed by atoms with Crippen molar-refractivity contribution in [2.24, 2.45) is 5.10 Å². The first kappa shape index (κ1) is 14.3. The van der Waals surface area contributed by atoms with Crippen LogP contribution < -0.4 is 5.43 Å². The highest BCUT2D eigenvalue weighted by Gasteiger charge is 2.57. The first-order valence-corrected chi connectivity index (χ1v) is 7.16. The quantitative estimate of drug-likeness (QED) is 0.846. The predicted molar refractivity (Wildman–Crippen MR) is 76.6 cm³/mol. The fourth-order valence-corrected chi connectivity index (χ4v) is 3.56. The van der Waals surface area contributed by atoms with Crippen molar-refractivity contribution in [2.75, 3.05) is 0 Å². The third-order valence-corrected chi connectivity index (χ3v) is 4.94. The second-order valence-corrected chi connectivity index (χ2v) is 6.31. The molecule has 1 atom stereocenters. The fraction of sp³-hybridized carbons (Fsp3) is 0.357. The summed E-state index contributed by atoms with van der Waals surface area (Å²) in [5, 5.41) is 14.3. The number of fused-ring (bicyclic) bond motifs is 1. The highest BCUT2D eigenvalue weighted by Crippen LogP contribution is 2.38. The number of nitrogens with one attached hydrogen (secondary N) is 1. The molecular weight excluding hydrogens is 301 g/mol. The lowest BCUT2D eigenvalue weighted by Crippen LogP contribution is -2.52. The minimum atomic E-state index is -4.76. The highest BCUT2D eigenvalue weighted by atomic mass is 32.1. The normalized spacial score (nSPS) is 22.5. The van der Waals surface area contributed by atoms with Gasteiger partial charge in [0.1, 0.15) is 0 Å². The lowest BCUT2D eigenvalue weighted by molar-refractivity contribution is -0.266. The maximum Gasteiger partial charge on any atom is 0.438 e. The summed E-state index contributed by atoms with van der Waals surface area (Å²) in [5.74, 6) is 0. The third-order valence-electron chi connectivity index (χ3n) is 3.62. The van der Waals surface area contributed by atoms with E-state index < -0.39 is 18.3 Å². The van der Waals surface area contributed by atoms with Gasteiger partial charge in [0.15, 0.2) is 0 Å². The number of nitrogens with zero attached hydrogens (tertiary/aromatic N) is 1. The molecule has 1 aliphatic rings. The molecule has 0 amide bonds. The molecule has 1 aromatic carbocycles. The minimum Gasteiger partial charge on any atom is -0.362 e. The molecule has 21 heavy (non-hydrogen) atoms. The van der Waals surface area contributed by atoms with E-state index >= 15 is 0 Å². The van der Waals surface area contributed by atoms with Gasteiger partial charge in [-0.05, 0) is 30.9 Å². The Kier molecular flexibility index (Phi) is 3.04. The Labute approximate surface area is 123 Å².